The molecule has 1 heterocycles. The summed E-state index contributed by atoms with van der Waals surface area (Å²) in [5.41, 5.74) is -0.110. The molecule has 0 aromatic carbocycles. The minimum atomic E-state index is -0.612. The van der Waals surface area contributed by atoms with Gasteiger partial charge in [-0.25, -0.2) is 4.39 Å². The van der Waals surface area contributed by atoms with Gasteiger partial charge in [0, 0.05) is 24.0 Å². The van der Waals surface area contributed by atoms with Gasteiger partial charge in [-0.2, -0.15) is 0 Å². The molecule has 1 amide bonds. The van der Waals surface area contributed by atoms with Crippen LogP contribution < -0.4 is 5.32 Å². The Labute approximate surface area is 112 Å². The van der Waals surface area contributed by atoms with Crippen molar-refractivity contribution in [2.75, 3.05) is 12.4 Å². The van der Waals surface area contributed by atoms with Crippen LogP contribution in [0, 0.1) is 11.2 Å². The number of nitrogens with one attached hydrogen (secondary N) is 1. The summed E-state index contributed by atoms with van der Waals surface area (Å²) in [6.45, 7) is 4.51. The maximum atomic E-state index is 13.4. The van der Waals surface area contributed by atoms with Crippen molar-refractivity contribution in [1.82, 2.24) is 10.3 Å². The smallest absolute Gasteiger partial charge is 0.254 e. The number of carbonyl (C=O) groups is 1. The van der Waals surface area contributed by atoms with Gasteiger partial charge in [0.1, 0.15) is 0 Å². The molecule has 0 atom stereocenters. The molecule has 0 spiro atoms. The van der Waals surface area contributed by atoms with E-state index in [1.165, 1.54) is 12.3 Å². The molecule has 0 bridgehead atoms. The summed E-state index contributed by atoms with van der Waals surface area (Å²) >= 11 is 5.95. The summed E-state index contributed by atoms with van der Waals surface area (Å²) in [5, 5.41) is 2.74. The quantitative estimate of drug-likeness (QED) is 0.809. The average molecular weight is 273 g/mol. The molecule has 1 aromatic rings. The van der Waals surface area contributed by atoms with Crippen LogP contribution in [-0.2, 0) is 0 Å². The van der Waals surface area contributed by atoms with Crippen molar-refractivity contribution in [3.8, 4) is 0 Å². The summed E-state index contributed by atoms with van der Waals surface area (Å²) in [6, 6.07) is 1.37. The molecule has 0 saturated heterocycles. The van der Waals surface area contributed by atoms with Crippen LogP contribution in [-0.4, -0.2) is 23.3 Å². The van der Waals surface area contributed by atoms with E-state index in [0.29, 0.717) is 12.4 Å². The summed E-state index contributed by atoms with van der Waals surface area (Å²) in [7, 11) is 0. The molecule has 0 saturated carbocycles. The van der Waals surface area contributed by atoms with Crippen LogP contribution in [0.1, 0.15) is 37.0 Å². The third kappa shape index (κ3) is 3.42. The maximum Gasteiger partial charge on any atom is 0.254 e. The Bertz CT molecular complexity index is 399. The fourth-order valence-electron chi connectivity index (χ4n) is 1.66. The second kappa shape index (κ2) is 6.69. The van der Waals surface area contributed by atoms with Crippen molar-refractivity contribution in [3.05, 3.63) is 29.8 Å². The van der Waals surface area contributed by atoms with Gasteiger partial charge in [-0.15, -0.1) is 11.6 Å². The van der Waals surface area contributed by atoms with Crippen LogP contribution in [0.3, 0.4) is 0 Å². The molecule has 0 fully saturated rings. The van der Waals surface area contributed by atoms with Crippen LogP contribution in [0.25, 0.3) is 0 Å². The molecule has 0 unspecified atom stereocenters. The highest BCUT2D eigenvalue weighted by Gasteiger charge is 2.26. The fraction of sp³-hybridized carbons (Fsp3) is 0.538. The van der Waals surface area contributed by atoms with Crippen molar-refractivity contribution >= 4 is 17.5 Å². The Balaban J connectivity index is 2.69. The van der Waals surface area contributed by atoms with Gasteiger partial charge >= 0.3 is 0 Å². The van der Waals surface area contributed by atoms with Crippen LogP contribution in [0.5, 0.6) is 0 Å². The first-order valence-corrected chi connectivity index (χ1v) is 6.55. The summed E-state index contributed by atoms with van der Waals surface area (Å²) < 4.78 is 13.4. The van der Waals surface area contributed by atoms with E-state index in [4.69, 9.17) is 11.6 Å². The van der Waals surface area contributed by atoms with E-state index in [2.05, 4.69) is 10.3 Å². The third-order valence-electron chi connectivity index (χ3n) is 3.42. The van der Waals surface area contributed by atoms with E-state index in [9.17, 15) is 9.18 Å². The van der Waals surface area contributed by atoms with Crippen LogP contribution in [0.15, 0.2) is 18.5 Å². The number of aromatic nitrogens is 1. The zero-order valence-electron chi connectivity index (χ0n) is 10.7. The first kappa shape index (κ1) is 14.9. The molecule has 0 radical (unpaired) electrons. The highest BCUT2D eigenvalue weighted by molar-refractivity contribution is 6.18. The number of pyridine rings is 1. The lowest BCUT2D eigenvalue weighted by molar-refractivity contribution is 0.0927. The number of rotatable bonds is 6. The Morgan fingerprint density at radius 1 is 1.50 bits per heavy atom. The number of carbonyl (C=O) groups excluding carboxylic acids is 1. The fourth-order valence-corrected chi connectivity index (χ4v) is 2.13. The largest absolute Gasteiger partial charge is 0.351 e. The van der Waals surface area contributed by atoms with Crippen molar-refractivity contribution in [2.24, 2.45) is 5.41 Å². The van der Waals surface area contributed by atoms with E-state index in [0.717, 1.165) is 19.0 Å². The van der Waals surface area contributed by atoms with E-state index < -0.39 is 11.7 Å². The van der Waals surface area contributed by atoms with E-state index in [1.807, 2.05) is 13.8 Å². The number of alkyl halides is 1. The number of nitrogens with zero attached hydrogens (tertiary/aromatic N) is 1. The first-order chi connectivity index (χ1) is 8.58. The first-order valence-electron chi connectivity index (χ1n) is 6.02. The number of hydrogen-bond acceptors (Lipinski definition) is 2. The predicted octanol–water partition coefficient (Wildman–Crippen LogP) is 3.00. The van der Waals surface area contributed by atoms with Crippen molar-refractivity contribution in [3.63, 3.8) is 0 Å². The molecule has 0 aliphatic carbocycles. The standard InChI is InChI=1S/C13H18ClFN2O/c1-3-13(4-2,8-14)9-17-12(18)10-5-6-16-7-11(10)15/h5-7H,3-4,8-9H2,1-2H3,(H,17,18). The van der Waals surface area contributed by atoms with Crippen molar-refractivity contribution < 1.29 is 9.18 Å². The van der Waals surface area contributed by atoms with Gasteiger partial charge in [0.2, 0.25) is 0 Å². The average Bonchev–Trinajstić information content (AvgIpc) is 2.41. The van der Waals surface area contributed by atoms with Gasteiger partial charge in [-0.05, 0) is 18.9 Å². The van der Waals surface area contributed by atoms with Crippen LogP contribution in [0.4, 0.5) is 4.39 Å². The van der Waals surface area contributed by atoms with Gasteiger partial charge < -0.3 is 5.32 Å². The van der Waals surface area contributed by atoms with Crippen molar-refractivity contribution in [1.29, 1.82) is 0 Å². The minimum absolute atomic E-state index is 0.0145. The predicted molar refractivity (Wildman–Crippen MR) is 70.3 cm³/mol. The molecule has 1 rings (SSSR count). The highest BCUT2D eigenvalue weighted by Crippen LogP contribution is 2.27. The van der Waals surface area contributed by atoms with Gasteiger partial charge in [-0.1, -0.05) is 13.8 Å². The van der Waals surface area contributed by atoms with Crippen LogP contribution >= 0.6 is 11.6 Å². The summed E-state index contributed by atoms with van der Waals surface area (Å²) in [4.78, 5) is 15.4. The maximum absolute atomic E-state index is 13.4. The van der Waals surface area contributed by atoms with Gasteiger partial charge in [0.25, 0.3) is 5.91 Å². The zero-order chi connectivity index (χ0) is 13.6. The Kier molecular flexibility index (Phi) is 5.54. The van der Waals surface area contributed by atoms with Gasteiger partial charge in [-0.3, -0.25) is 9.78 Å². The lowest BCUT2D eigenvalue weighted by atomic mass is 9.84. The Morgan fingerprint density at radius 2 is 2.17 bits per heavy atom. The zero-order valence-corrected chi connectivity index (χ0v) is 11.4. The molecule has 5 heteroatoms. The molecule has 0 aliphatic rings. The molecular formula is C13H18ClFN2O. The lowest BCUT2D eigenvalue weighted by Gasteiger charge is -2.29. The van der Waals surface area contributed by atoms with Crippen molar-refractivity contribution in [2.45, 2.75) is 26.7 Å². The SMILES string of the molecule is CCC(CC)(CCl)CNC(=O)c1ccncc1F. The molecule has 100 valence electrons. The van der Waals surface area contributed by atoms with E-state index in [1.54, 1.807) is 0 Å². The Morgan fingerprint density at radius 3 is 2.67 bits per heavy atom. The highest BCUT2D eigenvalue weighted by atomic mass is 35.5. The Hall–Kier alpha value is -1.16. The monoisotopic (exact) mass is 272 g/mol. The molecule has 1 N–H and O–H groups in total. The molecular weight excluding hydrogens is 255 g/mol. The molecule has 1 aromatic heterocycles. The molecule has 18 heavy (non-hydrogen) atoms. The lowest BCUT2D eigenvalue weighted by Crippen LogP contribution is -2.38. The number of amides is 1. The molecule has 0 aliphatic heterocycles. The summed E-state index contributed by atoms with van der Waals surface area (Å²) in [5.74, 6) is -0.565. The second-order valence-electron chi connectivity index (χ2n) is 4.38. The summed E-state index contributed by atoms with van der Waals surface area (Å²) in [6.07, 6.45) is 4.16. The number of hydrogen-bond donors (Lipinski definition) is 1. The molecule has 3 nitrogen and oxygen atoms in total. The van der Waals surface area contributed by atoms with Gasteiger partial charge in [0.15, 0.2) is 5.82 Å². The second-order valence-corrected chi connectivity index (χ2v) is 4.65. The van der Waals surface area contributed by atoms with Crippen LogP contribution in [0.2, 0.25) is 0 Å². The number of halogens is 2. The topological polar surface area (TPSA) is 42.0 Å². The normalized spacial score (nSPS) is 11.3. The van der Waals surface area contributed by atoms with Gasteiger partial charge in [0.05, 0.1) is 11.8 Å². The third-order valence-corrected chi connectivity index (χ3v) is 3.99. The minimum Gasteiger partial charge on any atom is -0.351 e. The van der Waals surface area contributed by atoms with E-state index in [-0.39, 0.29) is 11.0 Å². The van der Waals surface area contributed by atoms with E-state index >= 15 is 0 Å².